The van der Waals surface area contributed by atoms with Crippen LogP contribution in [0, 0.1) is 11.3 Å². The fraction of sp³-hybridized carbons (Fsp3) is 1.00. The van der Waals surface area contributed by atoms with Crippen molar-refractivity contribution < 1.29 is 4.39 Å². The number of halogens is 1. The standard InChI is InChI=1S/C8H13F/c1-6-2-8(3-6)4-7(9)5-8/h6-7H,2-5H2,1H3. The molecule has 0 unspecified atom stereocenters. The van der Waals surface area contributed by atoms with E-state index in [4.69, 9.17) is 0 Å². The van der Waals surface area contributed by atoms with Gasteiger partial charge in [0, 0.05) is 0 Å². The van der Waals surface area contributed by atoms with Crippen LogP contribution >= 0.6 is 0 Å². The van der Waals surface area contributed by atoms with Crippen molar-refractivity contribution in [2.24, 2.45) is 11.3 Å². The molecular formula is C8H13F. The molecule has 0 aliphatic heterocycles. The van der Waals surface area contributed by atoms with Gasteiger partial charge in [0.15, 0.2) is 0 Å². The Morgan fingerprint density at radius 1 is 1.22 bits per heavy atom. The van der Waals surface area contributed by atoms with Crippen LogP contribution in [-0.4, -0.2) is 6.17 Å². The maximum absolute atomic E-state index is 12.4. The van der Waals surface area contributed by atoms with Crippen LogP contribution in [0.3, 0.4) is 0 Å². The first kappa shape index (κ1) is 5.70. The van der Waals surface area contributed by atoms with E-state index in [1.807, 2.05) is 0 Å². The minimum Gasteiger partial charge on any atom is -0.247 e. The Kier molecular flexibility index (Phi) is 0.950. The molecule has 2 aliphatic rings. The zero-order chi connectivity index (χ0) is 6.48. The van der Waals surface area contributed by atoms with Gasteiger partial charge in [-0.15, -0.1) is 0 Å². The van der Waals surface area contributed by atoms with Crippen molar-refractivity contribution in [2.75, 3.05) is 0 Å². The maximum Gasteiger partial charge on any atom is 0.101 e. The van der Waals surface area contributed by atoms with Gasteiger partial charge in [0.1, 0.15) is 6.17 Å². The van der Waals surface area contributed by atoms with Crippen LogP contribution < -0.4 is 0 Å². The lowest BCUT2D eigenvalue weighted by Gasteiger charge is -2.54. The molecule has 0 amide bonds. The van der Waals surface area contributed by atoms with E-state index >= 15 is 0 Å². The van der Waals surface area contributed by atoms with Crippen molar-refractivity contribution in [2.45, 2.75) is 38.8 Å². The number of hydrogen-bond acceptors (Lipinski definition) is 0. The Labute approximate surface area is 55.4 Å². The first-order valence-corrected chi connectivity index (χ1v) is 3.84. The zero-order valence-electron chi connectivity index (χ0n) is 5.86. The Bertz CT molecular complexity index is 99.0. The van der Waals surface area contributed by atoms with Crippen molar-refractivity contribution in [1.82, 2.24) is 0 Å². The van der Waals surface area contributed by atoms with E-state index in [1.165, 1.54) is 12.8 Å². The van der Waals surface area contributed by atoms with Gasteiger partial charge in [-0.1, -0.05) is 6.92 Å². The molecule has 1 spiro atoms. The van der Waals surface area contributed by atoms with Gasteiger partial charge < -0.3 is 0 Å². The molecular weight excluding hydrogens is 115 g/mol. The number of alkyl halides is 1. The fourth-order valence-electron chi connectivity index (χ4n) is 2.63. The van der Waals surface area contributed by atoms with E-state index < -0.39 is 6.17 Å². The van der Waals surface area contributed by atoms with Gasteiger partial charge in [-0.2, -0.15) is 0 Å². The highest BCUT2D eigenvalue weighted by molar-refractivity contribution is 5.01. The lowest BCUT2D eigenvalue weighted by atomic mass is 9.51. The lowest BCUT2D eigenvalue weighted by molar-refractivity contribution is -0.0730. The Balaban J connectivity index is 1.87. The predicted octanol–water partition coefficient (Wildman–Crippen LogP) is 2.53. The molecule has 0 radical (unpaired) electrons. The summed E-state index contributed by atoms with van der Waals surface area (Å²) in [5.74, 6) is 0.887. The lowest BCUT2D eigenvalue weighted by Crippen LogP contribution is -2.47. The molecule has 0 nitrogen and oxygen atoms in total. The summed E-state index contributed by atoms with van der Waals surface area (Å²) in [6.45, 7) is 2.26. The van der Waals surface area contributed by atoms with Crippen LogP contribution in [-0.2, 0) is 0 Å². The third-order valence-corrected chi connectivity index (χ3v) is 2.87. The van der Waals surface area contributed by atoms with Gasteiger partial charge in [0.25, 0.3) is 0 Å². The molecule has 0 atom stereocenters. The molecule has 0 N–H and O–H groups in total. The SMILES string of the molecule is CC1CC2(C1)CC(F)C2. The molecule has 2 aliphatic carbocycles. The Hall–Kier alpha value is -0.0700. The molecule has 0 aromatic heterocycles. The van der Waals surface area contributed by atoms with Crippen LogP contribution in [0.4, 0.5) is 4.39 Å². The van der Waals surface area contributed by atoms with Gasteiger partial charge in [-0.05, 0) is 37.0 Å². The zero-order valence-corrected chi connectivity index (χ0v) is 5.86. The number of rotatable bonds is 0. The van der Waals surface area contributed by atoms with Gasteiger partial charge in [-0.3, -0.25) is 0 Å². The largest absolute Gasteiger partial charge is 0.247 e. The summed E-state index contributed by atoms with van der Waals surface area (Å²) in [6.07, 6.45) is 3.90. The van der Waals surface area contributed by atoms with Crippen LogP contribution in [0.15, 0.2) is 0 Å². The summed E-state index contributed by atoms with van der Waals surface area (Å²) >= 11 is 0. The number of hydrogen-bond donors (Lipinski definition) is 0. The van der Waals surface area contributed by atoms with Gasteiger partial charge in [-0.25, -0.2) is 4.39 Å². The Morgan fingerprint density at radius 2 is 1.78 bits per heavy atom. The van der Waals surface area contributed by atoms with Crippen LogP contribution in [0.25, 0.3) is 0 Å². The van der Waals surface area contributed by atoms with E-state index in [9.17, 15) is 4.39 Å². The van der Waals surface area contributed by atoms with Crippen LogP contribution in [0.1, 0.15) is 32.6 Å². The summed E-state index contributed by atoms with van der Waals surface area (Å²) in [5, 5.41) is 0. The van der Waals surface area contributed by atoms with Gasteiger partial charge in [0.05, 0.1) is 0 Å². The first-order valence-electron chi connectivity index (χ1n) is 3.84. The molecule has 0 saturated heterocycles. The van der Waals surface area contributed by atoms with Crippen molar-refractivity contribution in [3.05, 3.63) is 0 Å². The molecule has 0 aromatic rings. The van der Waals surface area contributed by atoms with Gasteiger partial charge >= 0.3 is 0 Å². The first-order chi connectivity index (χ1) is 4.20. The minimum absolute atomic E-state index is 0.447. The molecule has 2 saturated carbocycles. The third kappa shape index (κ3) is 0.702. The smallest absolute Gasteiger partial charge is 0.101 e. The van der Waals surface area contributed by atoms with Crippen LogP contribution in [0.2, 0.25) is 0 Å². The minimum atomic E-state index is -0.447. The molecule has 0 aromatic carbocycles. The summed E-state index contributed by atoms with van der Waals surface area (Å²) in [4.78, 5) is 0. The van der Waals surface area contributed by atoms with E-state index in [2.05, 4.69) is 6.92 Å². The molecule has 0 heterocycles. The second kappa shape index (κ2) is 1.50. The molecule has 1 heteroatoms. The second-order valence-corrected chi connectivity index (χ2v) is 4.02. The van der Waals surface area contributed by atoms with Crippen LogP contribution in [0.5, 0.6) is 0 Å². The highest BCUT2D eigenvalue weighted by Crippen LogP contribution is 2.59. The maximum atomic E-state index is 12.4. The topological polar surface area (TPSA) is 0 Å². The van der Waals surface area contributed by atoms with Gasteiger partial charge in [0.2, 0.25) is 0 Å². The fourth-order valence-corrected chi connectivity index (χ4v) is 2.63. The molecule has 52 valence electrons. The second-order valence-electron chi connectivity index (χ2n) is 4.02. The normalized spacial score (nSPS) is 56.7. The summed E-state index contributed by atoms with van der Waals surface area (Å²) in [5.41, 5.74) is 0.513. The van der Waals surface area contributed by atoms with E-state index in [0.29, 0.717) is 5.41 Å². The average molecular weight is 128 g/mol. The van der Waals surface area contributed by atoms with E-state index in [-0.39, 0.29) is 0 Å². The third-order valence-electron chi connectivity index (χ3n) is 2.87. The summed E-state index contributed by atoms with van der Waals surface area (Å²) in [7, 11) is 0. The molecule has 2 rings (SSSR count). The monoisotopic (exact) mass is 128 g/mol. The molecule has 2 fully saturated rings. The Morgan fingerprint density at radius 3 is 2.11 bits per heavy atom. The predicted molar refractivity (Wildman–Crippen MR) is 35.0 cm³/mol. The molecule has 0 bridgehead atoms. The van der Waals surface area contributed by atoms with Crippen molar-refractivity contribution in [1.29, 1.82) is 0 Å². The summed E-state index contributed by atoms with van der Waals surface area (Å²) in [6, 6.07) is 0. The highest BCUT2D eigenvalue weighted by atomic mass is 19.1. The van der Waals surface area contributed by atoms with Crippen molar-refractivity contribution in [3.8, 4) is 0 Å². The molecule has 9 heavy (non-hydrogen) atoms. The van der Waals surface area contributed by atoms with E-state index in [1.54, 1.807) is 0 Å². The van der Waals surface area contributed by atoms with Crippen molar-refractivity contribution in [3.63, 3.8) is 0 Å². The van der Waals surface area contributed by atoms with Crippen molar-refractivity contribution >= 4 is 0 Å². The quantitative estimate of drug-likeness (QED) is 0.470. The van der Waals surface area contributed by atoms with E-state index in [0.717, 1.165) is 18.8 Å². The average Bonchev–Trinajstić information content (AvgIpc) is 1.58. The highest BCUT2D eigenvalue weighted by Gasteiger charge is 2.51. The summed E-state index contributed by atoms with van der Waals surface area (Å²) < 4.78 is 12.4.